The summed E-state index contributed by atoms with van der Waals surface area (Å²) in [6.07, 6.45) is 9.25. The van der Waals surface area contributed by atoms with Crippen LogP contribution in [0.1, 0.15) is 46.0 Å². The molecule has 0 aliphatic heterocycles. The van der Waals surface area contributed by atoms with E-state index in [1.165, 1.54) is 0 Å². The van der Waals surface area contributed by atoms with Crippen LogP contribution in [-0.2, 0) is 9.59 Å². The number of hydrogen-bond donors (Lipinski definition) is 2. The summed E-state index contributed by atoms with van der Waals surface area (Å²) in [5.41, 5.74) is 0.688. The largest absolute Gasteiger partial charge is 0.393 e. The molecule has 0 heterocycles. The van der Waals surface area contributed by atoms with E-state index in [9.17, 15) is 19.8 Å². The van der Waals surface area contributed by atoms with Gasteiger partial charge in [-0.15, -0.1) is 0 Å². The number of allylic oxidation sites excluding steroid dienone is 4. The number of ketones is 2. The standard InChI is InChI=1S/C21H28O4/c1-20-8-7-13(23)9-12(20)3-4-14-15-5-6-16(18(25)11-22)21(15,2)10-17(24)19(14)20/h7-9,14-17,19,22,24H,3-6,10-11H2,1-2H3/t14?,15?,16?,17?,19?,20-,21?/m0/s1. The maximum atomic E-state index is 12.3. The molecule has 0 saturated heterocycles. The maximum Gasteiger partial charge on any atom is 0.178 e. The molecule has 0 aromatic heterocycles. The minimum Gasteiger partial charge on any atom is -0.393 e. The number of aliphatic hydroxyl groups excluding tert-OH is 2. The molecule has 3 fully saturated rings. The Morgan fingerprint density at radius 1 is 1.28 bits per heavy atom. The molecule has 7 atom stereocenters. The molecular formula is C21H28O4. The molecule has 0 bridgehead atoms. The van der Waals surface area contributed by atoms with E-state index in [0.29, 0.717) is 18.3 Å². The van der Waals surface area contributed by atoms with Crippen LogP contribution in [0.25, 0.3) is 0 Å². The van der Waals surface area contributed by atoms with Crippen LogP contribution in [0.3, 0.4) is 0 Å². The number of Topliss-reactive ketones (excluding diaryl/α,β-unsaturated/α-hetero) is 1. The van der Waals surface area contributed by atoms with Crippen molar-refractivity contribution >= 4 is 11.6 Å². The van der Waals surface area contributed by atoms with Gasteiger partial charge >= 0.3 is 0 Å². The number of hydrogen-bond acceptors (Lipinski definition) is 4. The molecule has 4 rings (SSSR count). The van der Waals surface area contributed by atoms with Crippen molar-refractivity contribution < 1.29 is 19.8 Å². The summed E-state index contributed by atoms with van der Waals surface area (Å²) >= 11 is 0. The summed E-state index contributed by atoms with van der Waals surface area (Å²) in [6.45, 7) is 3.92. The molecule has 0 spiro atoms. The van der Waals surface area contributed by atoms with Crippen molar-refractivity contribution in [1.29, 1.82) is 0 Å². The lowest BCUT2D eigenvalue weighted by Crippen LogP contribution is -2.56. The molecule has 0 aromatic rings. The van der Waals surface area contributed by atoms with Gasteiger partial charge in [0.25, 0.3) is 0 Å². The van der Waals surface area contributed by atoms with Gasteiger partial charge in [-0.2, -0.15) is 0 Å². The summed E-state index contributed by atoms with van der Waals surface area (Å²) < 4.78 is 0. The van der Waals surface area contributed by atoms with Gasteiger partial charge in [-0.3, -0.25) is 9.59 Å². The Labute approximate surface area is 149 Å². The second kappa shape index (κ2) is 5.62. The zero-order valence-electron chi connectivity index (χ0n) is 15.1. The molecule has 136 valence electrons. The SMILES string of the molecule is CC12CC(O)C3C(CCC4=CC(=O)C=C[C@@]43C)C1CCC2C(=O)CO. The summed E-state index contributed by atoms with van der Waals surface area (Å²) in [4.78, 5) is 24.1. The van der Waals surface area contributed by atoms with E-state index in [2.05, 4.69) is 13.8 Å². The van der Waals surface area contributed by atoms with Gasteiger partial charge < -0.3 is 10.2 Å². The van der Waals surface area contributed by atoms with Crippen LogP contribution in [0.15, 0.2) is 23.8 Å². The number of rotatable bonds is 2. The topological polar surface area (TPSA) is 74.6 Å². The van der Waals surface area contributed by atoms with Crippen LogP contribution in [0.5, 0.6) is 0 Å². The first-order valence-corrected chi connectivity index (χ1v) is 9.57. The Balaban J connectivity index is 1.71. The summed E-state index contributed by atoms with van der Waals surface area (Å²) in [6, 6.07) is 0. The van der Waals surface area contributed by atoms with Crippen molar-refractivity contribution in [2.45, 2.75) is 52.1 Å². The zero-order chi connectivity index (χ0) is 18.0. The fourth-order valence-corrected chi connectivity index (χ4v) is 6.96. The maximum absolute atomic E-state index is 12.3. The highest BCUT2D eigenvalue weighted by Crippen LogP contribution is 2.65. The predicted molar refractivity (Wildman–Crippen MR) is 93.6 cm³/mol. The third kappa shape index (κ3) is 2.26. The van der Waals surface area contributed by atoms with E-state index < -0.39 is 12.7 Å². The van der Waals surface area contributed by atoms with E-state index in [4.69, 9.17) is 0 Å². The smallest absolute Gasteiger partial charge is 0.178 e. The Morgan fingerprint density at radius 2 is 2.04 bits per heavy atom. The van der Waals surface area contributed by atoms with Crippen LogP contribution in [0, 0.1) is 34.5 Å². The average Bonchev–Trinajstić information content (AvgIpc) is 2.91. The highest BCUT2D eigenvalue weighted by molar-refractivity contribution is 6.01. The molecule has 25 heavy (non-hydrogen) atoms. The van der Waals surface area contributed by atoms with Crippen LogP contribution >= 0.6 is 0 Å². The van der Waals surface area contributed by atoms with Gasteiger partial charge in [-0.25, -0.2) is 0 Å². The minimum atomic E-state index is -0.482. The van der Waals surface area contributed by atoms with Crippen molar-refractivity contribution in [3.05, 3.63) is 23.8 Å². The van der Waals surface area contributed by atoms with Crippen LogP contribution in [-0.4, -0.2) is 34.5 Å². The lowest BCUT2D eigenvalue weighted by molar-refractivity contribution is -0.141. The van der Waals surface area contributed by atoms with Gasteiger partial charge in [-0.1, -0.05) is 25.5 Å². The molecule has 4 nitrogen and oxygen atoms in total. The van der Waals surface area contributed by atoms with Gasteiger partial charge in [0.15, 0.2) is 11.6 Å². The van der Waals surface area contributed by atoms with Gasteiger partial charge in [-0.05, 0) is 61.5 Å². The fraction of sp³-hybridized carbons (Fsp3) is 0.714. The van der Waals surface area contributed by atoms with E-state index in [1.807, 2.05) is 6.08 Å². The van der Waals surface area contributed by atoms with Crippen LogP contribution in [0.4, 0.5) is 0 Å². The Hall–Kier alpha value is -1.26. The molecule has 0 amide bonds. The normalized spacial score (nSPS) is 48.4. The third-order valence-electron chi connectivity index (χ3n) is 8.04. The highest BCUT2D eigenvalue weighted by atomic mass is 16.3. The van der Waals surface area contributed by atoms with E-state index in [0.717, 1.165) is 31.3 Å². The Morgan fingerprint density at radius 3 is 2.76 bits per heavy atom. The fourth-order valence-electron chi connectivity index (χ4n) is 6.96. The van der Waals surface area contributed by atoms with Gasteiger partial charge in [0, 0.05) is 17.3 Å². The van der Waals surface area contributed by atoms with Crippen LogP contribution in [0.2, 0.25) is 0 Å². The molecular weight excluding hydrogens is 316 g/mol. The highest BCUT2D eigenvalue weighted by Gasteiger charge is 2.62. The number of carbonyl (C=O) groups excluding carboxylic acids is 2. The molecule has 6 unspecified atom stereocenters. The lowest BCUT2D eigenvalue weighted by Gasteiger charge is -2.58. The summed E-state index contributed by atoms with van der Waals surface area (Å²) in [5.74, 6) is 0.734. The Kier molecular flexibility index (Phi) is 3.86. The molecule has 4 aliphatic rings. The monoisotopic (exact) mass is 344 g/mol. The second-order valence-corrected chi connectivity index (χ2v) is 9.05. The lowest BCUT2D eigenvalue weighted by atomic mass is 9.46. The number of aliphatic hydroxyl groups is 2. The van der Waals surface area contributed by atoms with Crippen molar-refractivity contribution in [2.75, 3.05) is 6.61 Å². The first kappa shape index (κ1) is 17.2. The number of carbonyl (C=O) groups is 2. The van der Waals surface area contributed by atoms with E-state index >= 15 is 0 Å². The van der Waals surface area contributed by atoms with Gasteiger partial charge in [0.1, 0.15) is 6.61 Å². The first-order chi connectivity index (χ1) is 11.8. The van der Waals surface area contributed by atoms with Crippen molar-refractivity contribution in [3.63, 3.8) is 0 Å². The second-order valence-electron chi connectivity index (χ2n) is 9.05. The summed E-state index contributed by atoms with van der Waals surface area (Å²) in [5, 5.41) is 20.5. The minimum absolute atomic E-state index is 0.0514. The van der Waals surface area contributed by atoms with Crippen molar-refractivity contribution in [1.82, 2.24) is 0 Å². The molecule has 0 aromatic carbocycles. The quantitative estimate of drug-likeness (QED) is 0.807. The van der Waals surface area contributed by atoms with Gasteiger partial charge in [0.2, 0.25) is 0 Å². The van der Waals surface area contributed by atoms with Crippen molar-refractivity contribution in [2.24, 2.45) is 34.5 Å². The van der Waals surface area contributed by atoms with Crippen molar-refractivity contribution in [3.8, 4) is 0 Å². The Bertz CT molecular complexity index is 677. The third-order valence-corrected chi connectivity index (χ3v) is 8.04. The predicted octanol–water partition coefficient (Wildman–Crippen LogP) is 2.44. The molecule has 3 saturated carbocycles. The molecule has 0 radical (unpaired) electrons. The molecule has 2 N–H and O–H groups in total. The summed E-state index contributed by atoms with van der Waals surface area (Å²) in [7, 11) is 0. The number of fused-ring (bicyclic) bond motifs is 5. The van der Waals surface area contributed by atoms with E-state index in [1.54, 1.807) is 12.2 Å². The van der Waals surface area contributed by atoms with E-state index in [-0.39, 0.29) is 34.2 Å². The van der Waals surface area contributed by atoms with Gasteiger partial charge in [0.05, 0.1) is 6.10 Å². The first-order valence-electron chi connectivity index (χ1n) is 9.57. The van der Waals surface area contributed by atoms with Crippen LogP contribution < -0.4 is 0 Å². The zero-order valence-corrected chi connectivity index (χ0v) is 15.1. The average molecular weight is 344 g/mol. The molecule has 4 heteroatoms. The molecule has 4 aliphatic carbocycles.